The SMILES string of the molecule is O=C(/C=C(/c1ccccc1)C(F)(F)F)NN1CC(=O)NC1=O. The molecule has 1 aliphatic heterocycles. The number of nitrogens with one attached hydrogen (secondary N) is 2. The van der Waals surface area contributed by atoms with Crippen LogP contribution in [-0.2, 0) is 9.59 Å². The molecule has 0 bridgehead atoms. The number of alkyl halides is 3. The number of hydrogen-bond acceptors (Lipinski definition) is 3. The molecule has 0 unspecified atom stereocenters. The number of amides is 4. The van der Waals surface area contributed by atoms with Crippen LogP contribution in [-0.4, -0.2) is 35.6 Å². The first kappa shape index (κ1) is 15.5. The zero-order valence-electron chi connectivity index (χ0n) is 11.0. The van der Waals surface area contributed by atoms with Crippen molar-refractivity contribution in [2.24, 2.45) is 0 Å². The Hall–Kier alpha value is -2.84. The van der Waals surface area contributed by atoms with Gasteiger partial charge in [-0.25, -0.2) is 9.80 Å². The molecule has 2 N–H and O–H groups in total. The molecule has 0 atom stereocenters. The van der Waals surface area contributed by atoms with Gasteiger partial charge in [0.25, 0.3) is 5.91 Å². The Kier molecular flexibility index (Phi) is 4.15. The summed E-state index contributed by atoms with van der Waals surface area (Å²) >= 11 is 0. The van der Waals surface area contributed by atoms with E-state index in [9.17, 15) is 27.6 Å². The fourth-order valence-corrected chi connectivity index (χ4v) is 1.77. The molecular formula is C13H10F3N3O3. The summed E-state index contributed by atoms with van der Waals surface area (Å²) in [5.41, 5.74) is 0.573. The van der Waals surface area contributed by atoms with Gasteiger partial charge in [-0.05, 0) is 5.56 Å². The lowest BCUT2D eigenvalue weighted by Crippen LogP contribution is -2.43. The maximum Gasteiger partial charge on any atom is 0.417 e. The monoisotopic (exact) mass is 313 g/mol. The molecule has 0 radical (unpaired) electrons. The lowest BCUT2D eigenvalue weighted by Gasteiger charge is -2.15. The number of carbonyl (C=O) groups is 3. The molecule has 9 heteroatoms. The molecule has 1 fully saturated rings. The third-order valence-corrected chi connectivity index (χ3v) is 2.70. The van der Waals surface area contributed by atoms with E-state index in [-0.39, 0.29) is 5.56 Å². The number of allylic oxidation sites excluding steroid dienone is 1. The van der Waals surface area contributed by atoms with Crippen molar-refractivity contribution < 1.29 is 27.6 Å². The molecular weight excluding hydrogens is 303 g/mol. The summed E-state index contributed by atoms with van der Waals surface area (Å²) in [5, 5.41) is 2.48. The van der Waals surface area contributed by atoms with Crippen LogP contribution >= 0.6 is 0 Å². The van der Waals surface area contributed by atoms with E-state index in [1.54, 1.807) is 0 Å². The fourth-order valence-electron chi connectivity index (χ4n) is 1.77. The second kappa shape index (κ2) is 5.88. The Balaban J connectivity index is 2.21. The molecule has 1 aliphatic rings. The van der Waals surface area contributed by atoms with Gasteiger partial charge in [0.15, 0.2) is 0 Å². The second-order valence-electron chi connectivity index (χ2n) is 4.34. The highest BCUT2D eigenvalue weighted by molar-refractivity contribution is 6.04. The van der Waals surface area contributed by atoms with Gasteiger partial charge in [-0.2, -0.15) is 13.2 Å². The maximum absolute atomic E-state index is 13.0. The van der Waals surface area contributed by atoms with Crippen molar-refractivity contribution >= 4 is 23.4 Å². The molecule has 1 aromatic rings. The number of rotatable bonds is 3. The van der Waals surface area contributed by atoms with Crippen molar-refractivity contribution in [1.29, 1.82) is 0 Å². The number of hydrogen-bond donors (Lipinski definition) is 2. The minimum Gasteiger partial charge on any atom is -0.275 e. The molecule has 1 saturated heterocycles. The normalized spacial score (nSPS) is 15.8. The van der Waals surface area contributed by atoms with Crippen molar-refractivity contribution in [3.8, 4) is 0 Å². The van der Waals surface area contributed by atoms with Gasteiger partial charge in [0, 0.05) is 6.08 Å². The molecule has 6 nitrogen and oxygen atoms in total. The first-order valence-corrected chi connectivity index (χ1v) is 6.03. The number of carbonyl (C=O) groups excluding carboxylic acids is 3. The van der Waals surface area contributed by atoms with Crippen molar-refractivity contribution in [1.82, 2.24) is 15.8 Å². The minimum absolute atomic E-state index is 0.188. The van der Waals surface area contributed by atoms with E-state index in [1.165, 1.54) is 30.3 Å². The van der Waals surface area contributed by atoms with E-state index in [1.807, 2.05) is 10.7 Å². The average molecular weight is 313 g/mol. The summed E-state index contributed by atoms with van der Waals surface area (Å²) in [6.07, 6.45) is -4.41. The van der Waals surface area contributed by atoms with Gasteiger partial charge in [-0.1, -0.05) is 30.3 Å². The Morgan fingerprint density at radius 3 is 2.36 bits per heavy atom. The Morgan fingerprint density at radius 2 is 1.86 bits per heavy atom. The summed E-state index contributed by atoms with van der Waals surface area (Å²) in [7, 11) is 0. The molecule has 0 spiro atoms. The van der Waals surface area contributed by atoms with E-state index in [4.69, 9.17) is 0 Å². The van der Waals surface area contributed by atoms with Crippen molar-refractivity contribution in [2.45, 2.75) is 6.18 Å². The van der Waals surface area contributed by atoms with E-state index < -0.39 is 36.1 Å². The summed E-state index contributed by atoms with van der Waals surface area (Å²) in [6.45, 7) is -0.453. The fraction of sp³-hybridized carbons (Fsp3) is 0.154. The number of benzene rings is 1. The predicted molar refractivity (Wildman–Crippen MR) is 68.9 cm³/mol. The van der Waals surface area contributed by atoms with E-state index in [0.29, 0.717) is 11.1 Å². The zero-order valence-corrected chi connectivity index (χ0v) is 11.0. The van der Waals surface area contributed by atoms with Gasteiger partial charge in [-0.3, -0.25) is 20.3 Å². The lowest BCUT2D eigenvalue weighted by atomic mass is 10.1. The number of imide groups is 1. The average Bonchev–Trinajstić information content (AvgIpc) is 2.74. The molecule has 116 valence electrons. The van der Waals surface area contributed by atoms with Gasteiger partial charge in [0.2, 0.25) is 5.91 Å². The summed E-state index contributed by atoms with van der Waals surface area (Å²) in [6, 6.07) is 5.86. The Labute approximate surface area is 122 Å². The molecule has 2 rings (SSSR count). The van der Waals surface area contributed by atoms with Crippen LogP contribution < -0.4 is 10.7 Å². The van der Waals surface area contributed by atoms with Crippen LogP contribution in [0.4, 0.5) is 18.0 Å². The largest absolute Gasteiger partial charge is 0.417 e. The standard InChI is InChI=1S/C13H10F3N3O3/c14-13(15,16)9(8-4-2-1-3-5-8)6-10(20)18-19-7-11(21)17-12(19)22/h1-6H,7H2,(H,18,20)(H,17,21,22)/b9-6-. The highest BCUT2D eigenvalue weighted by Gasteiger charge is 2.36. The summed E-state index contributed by atoms with van der Waals surface area (Å²) in [4.78, 5) is 33.8. The van der Waals surface area contributed by atoms with Crippen molar-refractivity contribution in [3.63, 3.8) is 0 Å². The third-order valence-electron chi connectivity index (χ3n) is 2.70. The molecule has 22 heavy (non-hydrogen) atoms. The number of urea groups is 1. The maximum atomic E-state index is 13.0. The third kappa shape index (κ3) is 3.62. The zero-order chi connectivity index (χ0) is 16.3. The van der Waals surface area contributed by atoms with Crippen LogP contribution in [0.5, 0.6) is 0 Å². The molecule has 1 aromatic carbocycles. The first-order chi connectivity index (χ1) is 10.3. The second-order valence-corrected chi connectivity index (χ2v) is 4.34. The van der Waals surface area contributed by atoms with Crippen LogP contribution in [0, 0.1) is 0 Å². The highest BCUT2D eigenvalue weighted by Crippen LogP contribution is 2.33. The van der Waals surface area contributed by atoms with E-state index in [0.717, 1.165) is 0 Å². The highest BCUT2D eigenvalue weighted by atomic mass is 19.4. The number of hydrazine groups is 1. The molecule has 0 saturated carbocycles. The van der Waals surface area contributed by atoms with E-state index >= 15 is 0 Å². The van der Waals surface area contributed by atoms with E-state index in [2.05, 4.69) is 0 Å². The molecule has 0 aliphatic carbocycles. The number of halogens is 3. The van der Waals surface area contributed by atoms with Crippen LogP contribution in [0.2, 0.25) is 0 Å². The molecule has 1 heterocycles. The Morgan fingerprint density at radius 1 is 1.23 bits per heavy atom. The summed E-state index contributed by atoms with van der Waals surface area (Å²) < 4.78 is 39.1. The topological polar surface area (TPSA) is 78.5 Å². The quantitative estimate of drug-likeness (QED) is 0.650. The summed E-state index contributed by atoms with van der Waals surface area (Å²) in [5.74, 6) is -1.82. The van der Waals surface area contributed by atoms with Gasteiger partial charge < -0.3 is 0 Å². The lowest BCUT2D eigenvalue weighted by molar-refractivity contribution is -0.121. The van der Waals surface area contributed by atoms with Crippen molar-refractivity contribution in [2.75, 3.05) is 6.54 Å². The van der Waals surface area contributed by atoms with Gasteiger partial charge in [0.1, 0.15) is 6.54 Å². The number of nitrogens with zero attached hydrogens (tertiary/aromatic N) is 1. The molecule has 4 amide bonds. The van der Waals surface area contributed by atoms with Crippen LogP contribution in [0.3, 0.4) is 0 Å². The smallest absolute Gasteiger partial charge is 0.275 e. The van der Waals surface area contributed by atoms with Gasteiger partial charge in [-0.15, -0.1) is 0 Å². The van der Waals surface area contributed by atoms with Crippen molar-refractivity contribution in [3.05, 3.63) is 42.0 Å². The van der Waals surface area contributed by atoms with Crippen LogP contribution in [0.25, 0.3) is 5.57 Å². The van der Waals surface area contributed by atoms with Crippen LogP contribution in [0.15, 0.2) is 36.4 Å². The minimum atomic E-state index is -4.75. The predicted octanol–water partition coefficient (Wildman–Crippen LogP) is 1.22. The molecule has 0 aromatic heterocycles. The first-order valence-electron chi connectivity index (χ1n) is 6.03. The van der Waals surface area contributed by atoms with Gasteiger partial charge in [0.05, 0.1) is 5.57 Å². The Bertz CT molecular complexity index is 641. The van der Waals surface area contributed by atoms with Crippen LogP contribution in [0.1, 0.15) is 5.56 Å². The van der Waals surface area contributed by atoms with Gasteiger partial charge >= 0.3 is 12.2 Å².